The van der Waals surface area contributed by atoms with E-state index in [4.69, 9.17) is 4.74 Å². The van der Waals surface area contributed by atoms with Crippen LogP contribution >= 0.6 is 0 Å². The molecular weight excluding hydrogens is 274 g/mol. The SMILES string of the molecule is CC[C@H](NC(=O)c1ccccc1C)c1ccc(OC)c(C)c1. The molecule has 0 unspecified atom stereocenters. The van der Waals surface area contributed by atoms with Gasteiger partial charge in [0.2, 0.25) is 0 Å². The fourth-order valence-electron chi connectivity index (χ4n) is 2.60. The minimum atomic E-state index is -0.0292. The Labute approximate surface area is 132 Å². The first-order chi connectivity index (χ1) is 10.6. The zero-order chi connectivity index (χ0) is 16.1. The number of carbonyl (C=O) groups excluding carboxylic acids is 1. The monoisotopic (exact) mass is 297 g/mol. The van der Waals surface area contributed by atoms with Gasteiger partial charge in [-0.1, -0.05) is 37.3 Å². The van der Waals surface area contributed by atoms with E-state index in [2.05, 4.69) is 18.3 Å². The van der Waals surface area contributed by atoms with Gasteiger partial charge in [0, 0.05) is 5.56 Å². The van der Waals surface area contributed by atoms with Gasteiger partial charge in [0.1, 0.15) is 5.75 Å². The molecule has 0 fully saturated rings. The Balaban J connectivity index is 2.21. The number of hydrogen-bond acceptors (Lipinski definition) is 2. The van der Waals surface area contributed by atoms with Gasteiger partial charge in [-0.3, -0.25) is 4.79 Å². The van der Waals surface area contributed by atoms with E-state index < -0.39 is 0 Å². The molecule has 3 nitrogen and oxygen atoms in total. The van der Waals surface area contributed by atoms with E-state index >= 15 is 0 Å². The highest BCUT2D eigenvalue weighted by molar-refractivity contribution is 5.95. The van der Waals surface area contributed by atoms with Crippen molar-refractivity contribution < 1.29 is 9.53 Å². The summed E-state index contributed by atoms with van der Waals surface area (Å²) in [7, 11) is 1.67. The first-order valence-corrected chi connectivity index (χ1v) is 7.57. The second-order valence-electron chi connectivity index (χ2n) is 5.48. The van der Waals surface area contributed by atoms with Crippen LogP contribution in [0.25, 0.3) is 0 Å². The third kappa shape index (κ3) is 3.48. The van der Waals surface area contributed by atoms with Gasteiger partial charge in [-0.15, -0.1) is 0 Å². The van der Waals surface area contributed by atoms with E-state index in [-0.39, 0.29) is 11.9 Å². The lowest BCUT2D eigenvalue weighted by Gasteiger charge is -2.19. The number of aryl methyl sites for hydroxylation is 2. The van der Waals surface area contributed by atoms with Crippen LogP contribution in [0.3, 0.4) is 0 Å². The van der Waals surface area contributed by atoms with E-state index in [1.165, 1.54) is 0 Å². The Hall–Kier alpha value is -2.29. The Morgan fingerprint density at radius 1 is 1.14 bits per heavy atom. The number of ether oxygens (including phenoxy) is 1. The molecule has 0 aliphatic carbocycles. The van der Waals surface area contributed by atoms with Crippen LogP contribution in [0.2, 0.25) is 0 Å². The molecule has 2 rings (SSSR count). The Kier molecular flexibility index (Phi) is 5.21. The minimum Gasteiger partial charge on any atom is -0.496 e. The smallest absolute Gasteiger partial charge is 0.252 e. The van der Waals surface area contributed by atoms with Crippen molar-refractivity contribution in [1.82, 2.24) is 5.32 Å². The summed E-state index contributed by atoms with van der Waals surface area (Å²) < 4.78 is 5.29. The van der Waals surface area contributed by atoms with Crippen LogP contribution in [0, 0.1) is 13.8 Å². The fourth-order valence-corrected chi connectivity index (χ4v) is 2.60. The molecule has 1 N–H and O–H groups in total. The van der Waals surface area contributed by atoms with E-state index in [1.54, 1.807) is 7.11 Å². The number of benzene rings is 2. The molecule has 0 spiro atoms. The van der Waals surface area contributed by atoms with Crippen molar-refractivity contribution in [1.29, 1.82) is 0 Å². The third-order valence-corrected chi connectivity index (χ3v) is 3.92. The zero-order valence-electron chi connectivity index (χ0n) is 13.6. The summed E-state index contributed by atoms with van der Waals surface area (Å²) in [6.45, 7) is 6.04. The highest BCUT2D eigenvalue weighted by Crippen LogP contribution is 2.24. The summed E-state index contributed by atoms with van der Waals surface area (Å²) >= 11 is 0. The van der Waals surface area contributed by atoms with Gasteiger partial charge in [0.25, 0.3) is 5.91 Å². The maximum atomic E-state index is 12.5. The molecule has 0 aliphatic rings. The van der Waals surface area contributed by atoms with Crippen molar-refractivity contribution in [3.05, 3.63) is 64.7 Å². The molecular formula is C19H23NO2. The highest BCUT2D eigenvalue weighted by atomic mass is 16.5. The first-order valence-electron chi connectivity index (χ1n) is 7.57. The molecule has 2 aromatic rings. The Morgan fingerprint density at radius 3 is 2.45 bits per heavy atom. The van der Waals surface area contributed by atoms with Crippen LogP contribution in [0.15, 0.2) is 42.5 Å². The van der Waals surface area contributed by atoms with Gasteiger partial charge >= 0.3 is 0 Å². The average molecular weight is 297 g/mol. The predicted octanol–water partition coefficient (Wildman–Crippen LogP) is 4.19. The molecule has 1 amide bonds. The van der Waals surface area contributed by atoms with Crippen molar-refractivity contribution in [3.63, 3.8) is 0 Å². The van der Waals surface area contributed by atoms with Crippen LogP contribution in [0.4, 0.5) is 0 Å². The summed E-state index contributed by atoms with van der Waals surface area (Å²) in [5, 5.41) is 3.13. The molecule has 22 heavy (non-hydrogen) atoms. The second kappa shape index (κ2) is 7.12. The molecule has 0 aromatic heterocycles. The maximum absolute atomic E-state index is 12.5. The second-order valence-corrected chi connectivity index (χ2v) is 5.48. The van der Waals surface area contributed by atoms with Crippen molar-refractivity contribution >= 4 is 5.91 Å². The van der Waals surface area contributed by atoms with Gasteiger partial charge < -0.3 is 10.1 Å². The normalized spacial score (nSPS) is 11.8. The molecule has 0 saturated carbocycles. The molecule has 0 aliphatic heterocycles. The number of carbonyl (C=O) groups is 1. The van der Waals surface area contributed by atoms with Crippen LogP contribution in [0.1, 0.15) is 46.4 Å². The van der Waals surface area contributed by atoms with Gasteiger partial charge in [-0.25, -0.2) is 0 Å². The highest BCUT2D eigenvalue weighted by Gasteiger charge is 2.16. The molecule has 1 atom stereocenters. The maximum Gasteiger partial charge on any atom is 0.252 e. The number of nitrogens with one attached hydrogen (secondary N) is 1. The number of hydrogen-bond donors (Lipinski definition) is 1. The number of methoxy groups -OCH3 is 1. The van der Waals surface area contributed by atoms with E-state index in [0.717, 1.165) is 34.4 Å². The van der Waals surface area contributed by atoms with Gasteiger partial charge in [0.15, 0.2) is 0 Å². The predicted molar refractivity (Wildman–Crippen MR) is 89.4 cm³/mol. The molecule has 116 valence electrons. The Morgan fingerprint density at radius 2 is 1.86 bits per heavy atom. The van der Waals surface area contributed by atoms with Crippen molar-refractivity contribution in [2.75, 3.05) is 7.11 Å². The van der Waals surface area contributed by atoms with Crippen LogP contribution < -0.4 is 10.1 Å². The zero-order valence-corrected chi connectivity index (χ0v) is 13.6. The standard InChI is InChI=1S/C19H23NO2/c1-5-17(15-10-11-18(22-4)14(3)12-15)20-19(21)16-9-7-6-8-13(16)2/h6-12,17H,5H2,1-4H3,(H,20,21)/t17-/m0/s1. The molecule has 0 radical (unpaired) electrons. The first kappa shape index (κ1) is 16.1. The molecule has 3 heteroatoms. The lowest BCUT2D eigenvalue weighted by Crippen LogP contribution is -2.28. The van der Waals surface area contributed by atoms with E-state index in [1.807, 2.05) is 50.2 Å². The minimum absolute atomic E-state index is 0.00304. The van der Waals surface area contributed by atoms with Crippen molar-refractivity contribution in [3.8, 4) is 5.75 Å². The summed E-state index contributed by atoms with van der Waals surface area (Å²) in [6, 6.07) is 13.7. The third-order valence-electron chi connectivity index (χ3n) is 3.92. The molecule has 0 heterocycles. The van der Waals surface area contributed by atoms with Gasteiger partial charge in [-0.05, 0) is 49.1 Å². The Bertz CT molecular complexity index is 664. The van der Waals surface area contributed by atoms with Crippen LogP contribution in [-0.4, -0.2) is 13.0 Å². The van der Waals surface area contributed by atoms with Crippen molar-refractivity contribution in [2.45, 2.75) is 33.2 Å². The summed E-state index contributed by atoms with van der Waals surface area (Å²) in [5.74, 6) is 0.835. The van der Waals surface area contributed by atoms with Crippen LogP contribution in [0.5, 0.6) is 5.75 Å². The fraction of sp³-hybridized carbons (Fsp3) is 0.316. The average Bonchev–Trinajstić information content (AvgIpc) is 2.52. The lowest BCUT2D eigenvalue weighted by molar-refractivity contribution is 0.0935. The quantitative estimate of drug-likeness (QED) is 0.898. The topological polar surface area (TPSA) is 38.3 Å². The van der Waals surface area contributed by atoms with Crippen LogP contribution in [-0.2, 0) is 0 Å². The number of rotatable bonds is 5. The van der Waals surface area contributed by atoms with Gasteiger partial charge in [0.05, 0.1) is 13.2 Å². The van der Waals surface area contributed by atoms with E-state index in [0.29, 0.717) is 0 Å². The summed E-state index contributed by atoms with van der Waals surface area (Å²) in [4.78, 5) is 12.5. The van der Waals surface area contributed by atoms with Gasteiger partial charge in [-0.2, -0.15) is 0 Å². The van der Waals surface area contributed by atoms with Crippen molar-refractivity contribution in [2.24, 2.45) is 0 Å². The molecule has 0 saturated heterocycles. The molecule has 2 aromatic carbocycles. The largest absolute Gasteiger partial charge is 0.496 e. The molecule has 0 bridgehead atoms. The summed E-state index contributed by atoms with van der Waals surface area (Å²) in [6.07, 6.45) is 0.837. The number of amides is 1. The van der Waals surface area contributed by atoms with E-state index in [9.17, 15) is 4.79 Å². The lowest BCUT2D eigenvalue weighted by atomic mass is 10.0. The summed E-state index contributed by atoms with van der Waals surface area (Å²) in [5.41, 5.74) is 3.89.